The molecule has 1 heterocycles. The van der Waals surface area contributed by atoms with E-state index in [0.29, 0.717) is 6.54 Å². The quantitative estimate of drug-likeness (QED) is 0.256. The molecule has 0 spiro atoms. The highest BCUT2D eigenvalue weighted by molar-refractivity contribution is 5.90. The Morgan fingerprint density at radius 2 is 1.97 bits per heavy atom. The number of aliphatic hydroxyl groups excluding tert-OH is 1. The van der Waals surface area contributed by atoms with Gasteiger partial charge < -0.3 is 10.1 Å². The van der Waals surface area contributed by atoms with E-state index in [-0.39, 0.29) is 0 Å². The molecule has 0 saturated carbocycles. The normalized spacial score (nSPS) is 12.7. The molecule has 0 aliphatic carbocycles. The first-order valence-electron chi connectivity index (χ1n) is 9.71. The third-order valence-electron chi connectivity index (χ3n) is 4.82. The lowest BCUT2D eigenvalue weighted by molar-refractivity contribution is -0.124. The van der Waals surface area contributed by atoms with Gasteiger partial charge in [-0.2, -0.15) is 0 Å². The van der Waals surface area contributed by atoms with E-state index >= 15 is 0 Å². The Hall–Kier alpha value is -2.93. The van der Waals surface area contributed by atoms with Crippen LogP contribution in [0.2, 0.25) is 0 Å². The molecule has 0 radical (unpaired) electrons. The Morgan fingerprint density at radius 3 is 2.69 bits per heavy atom. The lowest BCUT2D eigenvalue weighted by Gasteiger charge is -2.24. The zero-order valence-corrected chi connectivity index (χ0v) is 16.5. The minimum Gasteiger partial charge on any atom is -0.392 e. The third kappa shape index (κ3) is 6.02. The number of rotatable bonds is 9. The largest absolute Gasteiger partial charge is 0.392 e. The molecule has 6 nitrogen and oxygen atoms in total. The Morgan fingerprint density at radius 1 is 1.21 bits per heavy atom. The molecule has 6 heteroatoms. The number of aromatic amines is 1. The Labute approximate surface area is 170 Å². The van der Waals surface area contributed by atoms with Crippen LogP contribution in [0.25, 0.3) is 17.0 Å². The van der Waals surface area contributed by atoms with Crippen LogP contribution >= 0.6 is 0 Å². The predicted molar refractivity (Wildman–Crippen MR) is 114 cm³/mol. The van der Waals surface area contributed by atoms with E-state index in [1.165, 1.54) is 17.0 Å². The van der Waals surface area contributed by atoms with Crippen molar-refractivity contribution >= 4 is 22.9 Å². The fourth-order valence-electron chi connectivity index (χ4n) is 3.43. The van der Waals surface area contributed by atoms with Gasteiger partial charge in [-0.1, -0.05) is 42.5 Å². The number of hydroxylamine groups is 1. The number of carbonyl (C=O) groups excluding carboxylic acids is 1. The molecule has 1 unspecified atom stereocenters. The predicted octanol–water partition coefficient (Wildman–Crippen LogP) is 3.11. The van der Waals surface area contributed by atoms with Crippen LogP contribution in [-0.4, -0.2) is 45.3 Å². The Balaban J connectivity index is 1.64. The molecule has 0 aliphatic rings. The molecule has 0 saturated heterocycles. The van der Waals surface area contributed by atoms with Gasteiger partial charge in [0.1, 0.15) is 0 Å². The summed E-state index contributed by atoms with van der Waals surface area (Å²) in [6, 6.07) is 16.2. The average molecular weight is 393 g/mol. The molecule has 2 aromatic carbocycles. The van der Waals surface area contributed by atoms with Crippen molar-refractivity contribution in [2.45, 2.75) is 26.0 Å². The molecule has 0 fully saturated rings. The van der Waals surface area contributed by atoms with Crippen molar-refractivity contribution in [1.82, 2.24) is 15.4 Å². The summed E-state index contributed by atoms with van der Waals surface area (Å²) < 4.78 is 0. The molecular formula is C23H27N3O3. The zero-order valence-electron chi connectivity index (χ0n) is 16.5. The lowest BCUT2D eigenvalue weighted by Crippen LogP contribution is -2.32. The smallest absolute Gasteiger partial charge is 0.267 e. The number of nitrogens with one attached hydrogen (secondary N) is 2. The number of hydrogen-bond donors (Lipinski definition) is 4. The van der Waals surface area contributed by atoms with E-state index in [2.05, 4.69) is 28.2 Å². The summed E-state index contributed by atoms with van der Waals surface area (Å²) in [4.78, 5) is 16.6. The lowest BCUT2D eigenvalue weighted by atomic mass is 10.1. The summed E-state index contributed by atoms with van der Waals surface area (Å²) >= 11 is 0. The first-order chi connectivity index (χ1) is 14.0. The van der Waals surface area contributed by atoms with E-state index in [0.717, 1.165) is 36.2 Å². The number of nitrogens with zero attached hydrogens (tertiary/aromatic N) is 1. The Kier molecular flexibility index (Phi) is 7.19. The summed E-state index contributed by atoms with van der Waals surface area (Å²) in [6.45, 7) is 3.97. The second-order valence-corrected chi connectivity index (χ2v) is 7.24. The molecule has 4 N–H and O–H groups in total. The minimum absolute atomic E-state index is 0.405. The number of H-pyrrole nitrogens is 1. The highest BCUT2D eigenvalue weighted by Gasteiger charge is 2.11. The summed E-state index contributed by atoms with van der Waals surface area (Å²) in [5, 5.41) is 19.7. The maximum absolute atomic E-state index is 11.1. The number of hydrogen-bond acceptors (Lipinski definition) is 4. The summed E-state index contributed by atoms with van der Waals surface area (Å²) in [6.07, 6.45) is 5.47. The van der Waals surface area contributed by atoms with Gasteiger partial charge in [0, 0.05) is 42.8 Å². The van der Waals surface area contributed by atoms with Crippen molar-refractivity contribution in [3.63, 3.8) is 0 Å². The van der Waals surface area contributed by atoms with Gasteiger partial charge in [-0.05, 0) is 42.2 Å². The van der Waals surface area contributed by atoms with Crippen LogP contribution in [0, 0.1) is 0 Å². The molecule has 0 aliphatic heterocycles. The Bertz CT molecular complexity index is 961. The van der Waals surface area contributed by atoms with Crippen molar-refractivity contribution in [2.24, 2.45) is 0 Å². The van der Waals surface area contributed by atoms with Crippen LogP contribution in [0.4, 0.5) is 0 Å². The van der Waals surface area contributed by atoms with Crippen molar-refractivity contribution in [3.8, 4) is 0 Å². The topological polar surface area (TPSA) is 88.6 Å². The molecular weight excluding hydrogens is 366 g/mol. The van der Waals surface area contributed by atoms with E-state index in [1.54, 1.807) is 18.5 Å². The first-order valence-corrected chi connectivity index (χ1v) is 9.71. The summed E-state index contributed by atoms with van der Waals surface area (Å²) in [5.41, 5.74) is 5.99. The van der Waals surface area contributed by atoms with E-state index < -0.39 is 12.0 Å². The summed E-state index contributed by atoms with van der Waals surface area (Å²) in [5.74, 6) is -0.561. The maximum atomic E-state index is 11.1. The molecule has 3 aromatic rings. The van der Waals surface area contributed by atoms with Gasteiger partial charge in [-0.25, -0.2) is 5.48 Å². The van der Waals surface area contributed by atoms with Crippen molar-refractivity contribution in [2.75, 3.05) is 13.1 Å². The van der Waals surface area contributed by atoms with Crippen LogP contribution in [0.3, 0.4) is 0 Å². The number of aromatic nitrogens is 1. The van der Waals surface area contributed by atoms with Gasteiger partial charge >= 0.3 is 0 Å². The monoisotopic (exact) mass is 393 g/mol. The maximum Gasteiger partial charge on any atom is 0.267 e. The number of amides is 1. The molecule has 1 aromatic heterocycles. The number of carbonyl (C=O) groups is 1. The third-order valence-corrected chi connectivity index (χ3v) is 4.82. The standard InChI is InChI=1S/C23H27N3O3/c1-17(27)15-26(13-12-20-14-24-22-5-3-2-4-21(20)22)16-19-8-6-18(7-9-19)10-11-23(28)25-29/h2-11,14,17,24,27,29H,12-13,15-16H2,1H3,(H,25,28)/b11-10+. The number of para-hydroxylation sites is 1. The number of benzene rings is 2. The highest BCUT2D eigenvalue weighted by Crippen LogP contribution is 2.19. The molecule has 1 amide bonds. The minimum atomic E-state index is -0.561. The van der Waals surface area contributed by atoms with Crippen LogP contribution in [-0.2, 0) is 17.8 Å². The molecule has 0 bridgehead atoms. The first kappa shape index (κ1) is 20.8. The van der Waals surface area contributed by atoms with Crippen LogP contribution in [0.15, 0.2) is 60.8 Å². The van der Waals surface area contributed by atoms with Crippen LogP contribution in [0.1, 0.15) is 23.6 Å². The van der Waals surface area contributed by atoms with Crippen molar-refractivity contribution in [1.29, 1.82) is 0 Å². The summed E-state index contributed by atoms with van der Waals surface area (Å²) in [7, 11) is 0. The fourth-order valence-corrected chi connectivity index (χ4v) is 3.43. The van der Waals surface area contributed by atoms with Gasteiger partial charge in [-0.15, -0.1) is 0 Å². The van der Waals surface area contributed by atoms with Crippen molar-refractivity contribution < 1.29 is 15.1 Å². The fraction of sp³-hybridized carbons (Fsp3) is 0.261. The van der Waals surface area contributed by atoms with Gasteiger partial charge in [-0.3, -0.25) is 14.9 Å². The molecule has 1 atom stereocenters. The van der Waals surface area contributed by atoms with Gasteiger partial charge in [0.05, 0.1) is 6.10 Å². The van der Waals surface area contributed by atoms with E-state index in [4.69, 9.17) is 5.21 Å². The average Bonchev–Trinajstić information content (AvgIpc) is 3.14. The molecule has 3 rings (SSSR count). The molecule has 152 valence electrons. The highest BCUT2D eigenvalue weighted by atomic mass is 16.5. The zero-order chi connectivity index (χ0) is 20.6. The van der Waals surface area contributed by atoms with Gasteiger partial charge in [0.2, 0.25) is 0 Å². The number of aliphatic hydroxyl groups is 1. The second kappa shape index (κ2) is 10.0. The SMILES string of the molecule is CC(O)CN(CCc1c[nH]c2ccccc12)Cc1ccc(/C=C/C(=O)NO)cc1. The van der Waals surface area contributed by atoms with Gasteiger partial charge in [0.15, 0.2) is 0 Å². The van der Waals surface area contributed by atoms with Crippen LogP contribution < -0.4 is 5.48 Å². The van der Waals surface area contributed by atoms with Crippen LogP contribution in [0.5, 0.6) is 0 Å². The second-order valence-electron chi connectivity index (χ2n) is 7.24. The molecule has 29 heavy (non-hydrogen) atoms. The van der Waals surface area contributed by atoms with Gasteiger partial charge in [0.25, 0.3) is 5.91 Å². The van der Waals surface area contributed by atoms with E-state index in [1.807, 2.05) is 36.4 Å². The van der Waals surface area contributed by atoms with Crippen molar-refractivity contribution in [3.05, 3.63) is 77.5 Å². The van der Waals surface area contributed by atoms with E-state index in [9.17, 15) is 9.90 Å². The number of fused-ring (bicyclic) bond motifs is 1.